The fourth-order valence-corrected chi connectivity index (χ4v) is 3.58. The van der Waals surface area contributed by atoms with E-state index in [1.54, 1.807) is 13.8 Å². The molecule has 118 valence electrons. The standard InChI is InChI=1S/C16H24O5/c1-14(2)6-10(17)9-5-12-16(19,7-11(9)21-14)8-13(20-12)15(3,4)18/h12-13,18-19H,5-8H2,1-4H3. The predicted molar refractivity (Wildman–Crippen MR) is 75.6 cm³/mol. The Morgan fingerprint density at radius 1 is 1.29 bits per heavy atom. The van der Waals surface area contributed by atoms with Crippen LogP contribution < -0.4 is 0 Å². The van der Waals surface area contributed by atoms with Crippen LogP contribution in [0.3, 0.4) is 0 Å². The number of hydrogen-bond donors (Lipinski definition) is 2. The van der Waals surface area contributed by atoms with Gasteiger partial charge in [0.1, 0.15) is 17.0 Å². The third kappa shape index (κ3) is 2.51. The molecule has 1 fully saturated rings. The Morgan fingerprint density at radius 2 is 1.95 bits per heavy atom. The molecule has 2 aliphatic heterocycles. The number of carbonyl (C=O) groups is 1. The Bertz CT molecular complexity index is 513. The third-order valence-electron chi connectivity index (χ3n) is 4.77. The topological polar surface area (TPSA) is 76.0 Å². The molecule has 2 heterocycles. The molecule has 2 N–H and O–H groups in total. The van der Waals surface area contributed by atoms with Crippen LogP contribution in [-0.4, -0.2) is 45.0 Å². The number of hydrogen-bond acceptors (Lipinski definition) is 5. The number of rotatable bonds is 1. The highest BCUT2D eigenvalue weighted by Crippen LogP contribution is 2.48. The third-order valence-corrected chi connectivity index (χ3v) is 4.77. The van der Waals surface area contributed by atoms with E-state index in [9.17, 15) is 15.0 Å². The van der Waals surface area contributed by atoms with Gasteiger partial charge < -0.3 is 19.7 Å². The lowest BCUT2D eigenvalue weighted by atomic mass is 9.76. The molecule has 0 aromatic rings. The van der Waals surface area contributed by atoms with E-state index in [0.29, 0.717) is 30.6 Å². The van der Waals surface area contributed by atoms with Crippen molar-refractivity contribution in [2.45, 2.75) is 82.4 Å². The van der Waals surface area contributed by atoms with Gasteiger partial charge >= 0.3 is 0 Å². The van der Waals surface area contributed by atoms with Gasteiger partial charge in [0, 0.05) is 24.8 Å². The van der Waals surface area contributed by atoms with E-state index >= 15 is 0 Å². The zero-order valence-electron chi connectivity index (χ0n) is 13.1. The molecule has 3 unspecified atom stereocenters. The second-order valence-corrected chi connectivity index (χ2v) is 7.82. The number of ether oxygens (including phenoxy) is 2. The van der Waals surface area contributed by atoms with Crippen molar-refractivity contribution in [2.75, 3.05) is 0 Å². The van der Waals surface area contributed by atoms with Crippen LogP contribution in [0.5, 0.6) is 0 Å². The van der Waals surface area contributed by atoms with Crippen LogP contribution in [0.2, 0.25) is 0 Å². The van der Waals surface area contributed by atoms with Gasteiger partial charge in [0.15, 0.2) is 5.78 Å². The molecule has 3 rings (SSSR count). The maximum atomic E-state index is 12.3. The summed E-state index contributed by atoms with van der Waals surface area (Å²) >= 11 is 0. The maximum Gasteiger partial charge on any atom is 0.166 e. The first-order valence-electron chi connectivity index (χ1n) is 7.55. The van der Waals surface area contributed by atoms with Crippen LogP contribution in [0.15, 0.2) is 11.3 Å². The number of aliphatic hydroxyl groups is 2. The van der Waals surface area contributed by atoms with E-state index in [1.807, 2.05) is 13.8 Å². The van der Waals surface area contributed by atoms with Gasteiger partial charge in [-0.1, -0.05) is 0 Å². The molecule has 5 nitrogen and oxygen atoms in total. The number of Topliss-reactive ketones (excluding diaryl/α,β-unsaturated/α-hetero) is 1. The minimum Gasteiger partial charge on any atom is -0.491 e. The molecule has 0 radical (unpaired) electrons. The first kappa shape index (κ1) is 15.0. The van der Waals surface area contributed by atoms with Gasteiger partial charge in [0.25, 0.3) is 0 Å². The van der Waals surface area contributed by atoms with E-state index in [-0.39, 0.29) is 12.2 Å². The van der Waals surface area contributed by atoms with Crippen LogP contribution in [0.1, 0.15) is 53.4 Å². The zero-order chi connectivity index (χ0) is 15.6. The lowest BCUT2D eigenvalue weighted by Gasteiger charge is -2.41. The van der Waals surface area contributed by atoms with Crippen LogP contribution in [-0.2, 0) is 14.3 Å². The van der Waals surface area contributed by atoms with Crippen molar-refractivity contribution in [1.29, 1.82) is 0 Å². The van der Waals surface area contributed by atoms with Gasteiger partial charge in [0.2, 0.25) is 0 Å². The van der Waals surface area contributed by atoms with Crippen molar-refractivity contribution in [1.82, 2.24) is 0 Å². The molecule has 0 amide bonds. The molecule has 0 saturated carbocycles. The van der Waals surface area contributed by atoms with E-state index in [1.165, 1.54) is 0 Å². The van der Waals surface area contributed by atoms with Gasteiger partial charge in [-0.2, -0.15) is 0 Å². The fourth-order valence-electron chi connectivity index (χ4n) is 3.58. The number of carbonyl (C=O) groups excluding carboxylic acids is 1. The number of ketones is 1. The summed E-state index contributed by atoms with van der Waals surface area (Å²) in [7, 11) is 0. The van der Waals surface area contributed by atoms with Crippen molar-refractivity contribution in [3.8, 4) is 0 Å². The van der Waals surface area contributed by atoms with Crippen molar-refractivity contribution in [3.05, 3.63) is 11.3 Å². The van der Waals surface area contributed by atoms with E-state index in [4.69, 9.17) is 9.47 Å². The molecule has 3 atom stereocenters. The average molecular weight is 296 g/mol. The first-order valence-corrected chi connectivity index (χ1v) is 7.55. The Hall–Kier alpha value is -0.910. The number of fused-ring (bicyclic) bond motifs is 1. The minimum atomic E-state index is -1.06. The van der Waals surface area contributed by atoms with Gasteiger partial charge in [-0.25, -0.2) is 0 Å². The Morgan fingerprint density at radius 3 is 2.57 bits per heavy atom. The minimum absolute atomic E-state index is 0.0820. The molecular formula is C16H24O5. The summed E-state index contributed by atoms with van der Waals surface area (Å²) in [5, 5.41) is 21.0. The van der Waals surface area contributed by atoms with Crippen molar-refractivity contribution < 1.29 is 24.5 Å². The Labute approximate surface area is 124 Å². The summed E-state index contributed by atoms with van der Waals surface area (Å²) in [6.45, 7) is 7.12. The first-order chi connectivity index (χ1) is 9.50. The molecule has 21 heavy (non-hydrogen) atoms. The molecule has 0 aromatic heterocycles. The average Bonchev–Trinajstić information content (AvgIpc) is 2.61. The molecule has 1 aliphatic carbocycles. The molecule has 1 saturated heterocycles. The fraction of sp³-hybridized carbons (Fsp3) is 0.812. The Balaban J connectivity index is 1.88. The second kappa shape index (κ2) is 4.31. The highest BCUT2D eigenvalue weighted by atomic mass is 16.5. The smallest absolute Gasteiger partial charge is 0.166 e. The SMILES string of the molecule is CC1(C)CC(=O)C2=C(CC3(O)CC(C(C)(C)O)OC3C2)O1. The summed E-state index contributed by atoms with van der Waals surface area (Å²) in [6, 6.07) is 0. The maximum absolute atomic E-state index is 12.3. The van der Waals surface area contributed by atoms with E-state index in [2.05, 4.69) is 0 Å². The van der Waals surface area contributed by atoms with Crippen molar-refractivity contribution >= 4 is 5.78 Å². The monoisotopic (exact) mass is 296 g/mol. The lowest BCUT2D eigenvalue weighted by molar-refractivity contribution is -0.131. The molecule has 0 spiro atoms. The van der Waals surface area contributed by atoms with Crippen LogP contribution >= 0.6 is 0 Å². The highest BCUT2D eigenvalue weighted by Gasteiger charge is 2.56. The molecule has 0 bridgehead atoms. The normalized spacial score (nSPS) is 38.9. The van der Waals surface area contributed by atoms with Gasteiger partial charge in [-0.3, -0.25) is 4.79 Å². The van der Waals surface area contributed by atoms with Crippen molar-refractivity contribution in [3.63, 3.8) is 0 Å². The van der Waals surface area contributed by atoms with Crippen molar-refractivity contribution in [2.24, 2.45) is 0 Å². The Kier molecular flexibility index (Phi) is 3.08. The molecule has 0 aromatic carbocycles. The van der Waals surface area contributed by atoms with E-state index in [0.717, 1.165) is 0 Å². The van der Waals surface area contributed by atoms with Gasteiger partial charge in [-0.15, -0.1) is 0 Å². The second-order valence-electron chi connectivity index (χ2n) is 7.82. The van der Waals surface area contributed by atoms with Crippen LogP contribution in [0.4, 0.5) is 0 Å². The zero-order valence-corrected chi connectivity index (χ0v) is 13.1. The predicted octanol–water partition coefficient (Wildman–Crippen LogP) is 1.46. The summed E-state index contributed by atoms with van der Waals surface area (Å²) in [5.74, 6) is 0.689. The largest absolute Gasteiger partial charge is 0.491 e. The highest BCUT2D eigenvalue weighted by molar-refractivity contribution is 5.97. The van der Waals surface area contributed by atoms with Gasteiger partial charge in [-0.05, 0) is 27.7 Å². The van der Waals surface area contributed by atoms with Crippen LogP contribution in [0.25, 0.3) is 0 Å². The van der Waals surface area contributed by atoms with Gasteiger partial charge in [0.05, 0.1) is 24.2 Å². The molecule has 3 aliphatic rings. The summed E-state index contributed by atoms with van der Waals surface area (Å²) < 4.78 is 11.8. The van der Waals surface area contributed by atoms with Crippen LogP contribution in [0, 0.1) is 0 Å². The lowest BCUT2D eigenvalue weighted by Crippen LogP contribution is -2.47. The summed E-state index contributed by atoms with van der Waals surface area (Å²) in [5.41, 5.74) is -1.94. The van der Waals surface area contributed by atoms with E-state index < -0.39 is 29.0 Å². The molecular weight excluding hydrogens is 272 g/mol. The quantitative estimate of drug-likeness (QED) is 0.766. The molecule has 5 heteroatoms. The summed E-state index contributed by atoms with van der Waals surface area (Å²) in [4.78, 5) is 12.3. The summed E-state index contributed by atoms with van der Waals surface area (Å²) in [6.07, 6.45) is 0.489.